The number of piperidine rings is 1. The van der Waals surface area contributed by atoms with Gasteiger partial charge in [-0.1, -0.05) is 23.7 Å². The molecule has 2 aromatic rings. The van der Waals surface area contributed by atoms with E-state index in [0.29, 0.717) is 24.1 Å². The van der Waals surface area contributed by atoms with Crippen molar-refractivity contribution in [3.05, 3.63) is 41.2 Å². The van der Waals surface area contributed by atoms with E-state index in [4.69, 9.17) is 16.6 Å². The van der Waals surface area contributed by atoms with Crippen LogP contribution in [0.4, 0.5) is 5.95 Å². The molecule has 0 saturated carbocycles. The van der Waals surface area contributed by atoms with E-state index in [1.165, 1.54) is 4.31 Å². The lowest BCUT2D eigenvalue weighted by Crippen LogP contribution is -2.45. The van der Waals surface area contributed by atoms with Gasteiger partial charge in [-0.25, -0.2) is 9.97 Å². The molecule has 7 nitrogen and oxygen atoms in total. The Bertz CT molecular complexity index is 932. The van der Waals surface area contributed by atoms with E-state index < -0.39 is 10.2 Å². The third-order valence-corrected chi connectivity index (χ3v) is 7.08. The minimum absolute atomic E-state index is 0.00384. The molecule has 0 unspecified atom stereocenters. The number of hydrogen-bond acceptors (Lipinski definition) is 5. The van der Waals surface area contributed by atoms with Crippen LogP contribution in [0.2, 0.25) is 5.02 Å². The third kappa shape index (κ3) is 4.30. The summed E-state index contributed by atoms with van der Waals surface area (Å²) in [5.41, 5.74) is 2.76. The van der Waals surface area contributed by atoms with Crippen molar-refractivity contribution in [1.29, 1.82) is 0 Å². The second-order valence-electron chi connectivity index (χ2n) is 7.36. The van der Waals surface area contributed by atoms with Crippen LogP contribution in [0.15, 0.2) is 30.5 Å². The molecular weight excluding hydrogens is 398 g/mol. The molecule has 152 valence electrons. The molecule has 28 heavy (non-hydrogen) atoms. The summed E-state index contributed by atoms with van der Waals surface area (Å²) in [7, 11) is 3.46. The molecule has 0 radical (unpaired) electrons. The van der Waals surface area contributed by atoms with Crippen LogP contribution in [-0.4, -0.2) is 68.3 Å². The van der Waals surface area contributed by atoms with Crippen molar-refractivity contribution < 1.29 is 8.42 Å². The van der Waals surface area contributed by atoms with Gasteiger partial charge in [0.05, 0.1) is 5.69 Å². The quantitative estimate of drug-likeness (QED) is 0.739. The average molecular weight is 424 g/mol. The molecule has 3 rings (SSSR count). The Hall–Kier alpha value is -1.74. The van der Waals surface area contributed by atoms with Crippen LogP contribution >= 0.6 is 11.6 Å². The fourth-order valence-electron chi connectivity index (χ4n) is 3.37. The Morgan fingerprint density at radius 2 is 1.82 bits per heavy atom. The van der Waals surface area contributed by atoms with E-state index in [0.717, 1.165) is 29.7 Å². The first-order chi connectivity index (χ1) is 13.2. The Labute approximate surface area is 172 Å². The molecule has 0 aliphatic carbocycles. The maximum Gasteiger partial charge on any atom is 0.281 e. The largest absolute Gasteiger partial charge is 0.347 e. The van der Waals surface area contributed by atoms with Crippen LogP contribution < -0.4 is 4.90 Å². The summed E-state index contributed by atoms with van der Waals surface area (Å²) < 4.78 is 28.1. The average Bonchev–Trinajstić information content (AvgIpc) is 2.68. The first-order valence-electron chi connectivity index (χ1n) is 9.18. The molecule has 1 saturated heterocycles. The zero-order valence-electron chi connectivity index (χ0n) is 16.6. The number of nitrogens with zero attached hydrogens (tertiary/aromatic N) is 5. The summed E-state index contributed by atoms with van der Waals surface area (Å²) >= 11 is 6.04. The smallest absolute Gasteiger partial charge is 0.281 e. The van der Waals surface area contributed by atoms with Gasteiger partial charge in [-0.2, -0.15) is 17.0 Å². The van der Waals surface area contributed by atoms with Gasteiger partial charge in [0.1, 0.15) is 0 Å². The van der Waals surface area contributed by atoms with Crippen LogP contribution in [-0.2, 0) is 10.2 Å². The maximum absolute atomic E-state index is 12.6. The molecule has 1 atom stereocenters. The Balaban J connectivity index is 2.03. The van der Waals surface area contributed by atoms with Gasteiger partial charge >= 0.3 is 0 Å². The van der Waals surface area contributed by atoms with E-state index >= 15 is 0 Å². The second kappa shape index (κ2) is 8.32. The van der Waals surface area contributed by atoms with Crippen molar-refractivity contribution in [2.45, 2.75) is 18.8 Å². The van der Waals surface area contributed by atoms with Crippen molar-refractivity contribution in [3.63, 3.8) is 0 Å². The van der Waals surface area contributed by atoms with Gasteiger partial charge in [0, 0.05) is 64.0 Å². The minimum atomic E-state index is -3.46. The van der Waals surface area contributed by atoms with Crippen molar-refractivity contribution in [3.8, 4) is 11.1 Å². The molecule has 9 heteroatoms. The number of halogens is 1. The second-order valence-corrected chi connectivity index (χ2v) is 9.94. The number of anilines is 1. The molecule has 0 amide bonds. The molecule has 1 aromatic carbocycles. The van der Waals surface area contributed by atoms with Crippen molar-refractivity contribution in [2.24, 2.45) is 0 Å². The molecule has 2 heterocycles. The molecule has 0 spiro atoms. The lowest BCUT2D eigenvalue weighted by Gasteiger charge is -2.34. The van der Waals surface area contributed by atoms with E-state index in [-0.39, 0.29) is 5.92 Å². The lowest BCUT2D eigenvalue weighted by atomic mass is 9.91. The predicted octanol–water partition coefficient (Wildman–Crippen LogP) is 2.85. The minimum Gasteiger partial charge on any atom is -0.347 e. The maximum atomic E-state index is 12.6. The Kier molecular flexibility index (Phi) is 6.24. The zero-order chi connectivity index (χ0) is 20.5. The summed E-state index contributed by atoms with van der Waals surface area (Å²) in [6.45, 7) is 0.934. The molecule has 0 N–H and O–H groups in total. The van der Waals surface area contributed by atoms with Crippen molar-refractivity contribution in [1.82, 2.24) is 18.6 Å². The Morgan fingerprint density at radius 1 is 1.14 bits per heavy atom. The number of rotatable bonds is 5. The summed E-state index contributed by atoms with van der Waals surface area (Å²) in [5, 5.41) is 0.664. The molecule has 1 aliphatic rings. The highest BCUT2D eigenvalue weighted by molar-refractivity contribution is 7.86. The monoisotopic (exact) mass is 423 g/mol. The van der Waals surface area contributed by atoms with Crippen molar-refractivity contribution >= 4 is 27.8 Å². The van der Waals surface area contributed by atoms with Crippen LogP contribution in [0, 0.1) is 0 Å². The molecular formula is C19H26ClN5O2S. The highest BCUT2D eigenvalue weighted by atomic mass is 35.5. The SMILES string of the molecule is CN(C)c1ncc(-c2ccc(Cl)cc2)c([C@H]2CCCN(S(=O)(=O)N(C)C)C2)n1. The molecule has 1 aromatic heterocycles. The van der Waals surface area contributed by atoms with Crippen molar-refractivity contribution in [2.75, 3.05) is 46.2 Å². The van der Waals surface area contributed by atoms with E-state index in [2.05, 4.69) is 4.98 Å². The fraction of sp³-hybridized carbons (Fsp3) is 0.474. The molecule has 0 bridgehead atoms. The van der Waals surface area contributed by atoms with Crippen LogP contribution in [0.3, 0.4) is 0 Å². The van der Waals surface area contributed by atoms with Crippen LogP contribution in [0.5, 0.6) is 0 Å². The zero-order valence-corrected chi connectivity index (χ0v) is 18.2. The summed E-state index contributed by atoms with van der Waals surface area (Å²) in [5.74, 6) is 0.608. The van der Waals surface area contributed by atoms with Gasteiger partial charge in [-0.05, 0) is 30.5 Å². The van der Waals surface area contributed by atoms with Crippen LogP contribution in [0.25, 0.3) is 11.1 Å². The predicted molar refractivity (Wildman–Crippen MR) is 113 cm³/mol. The lowest BCUT2D eigenvalue weighted by molar-refractivity contribution is 0.296. The van der Waals surface area contributed by atoms with E-state index in [1.807, 2.05) is 49.5 Å². The highest BCUT2D eigenvalue weighted by Crippen LogP contribution is 2.35. The van der Waals surface area contributed by atoms with Gasteiger partial charge < -0.3 is 4.90 Å². The molecule has 1 aliphatic heterocycles. The van der Waals surface area contributed by atoms with Crippen LogP contribution in [0.1, 0.15) is 24.5 Å². The number of aromatic nitrogens is 2. The van der Waals surface area contributed by atoms with Gasteiger partial charge in [0.15, 0.2) is 0 Å². The normalized spacial score (nSPS) is 18.4. The van der Waals surface area contributed by atoms with Gasteiger partial charge in [-0.15, -0.1) is 0 Å². The standard InChI is InChI=1S/C19H26ClN5O2S/c1-23(2)19-21-12-17(14-7-9-16(20)10-8-14)18(22-19)15-6-5-11-25(13-15)28(26,27)24(3)4/h7-10,12,15H,5-6,11,13H2,1-4H3/t15-/m0/s1. The fourth-order valence-corrected chi connectivity index (χ4v) is 4.69. The van der Waals surface area contributed by atoms with Gasteiger partial charge in [-0.3, -0.25) is 0 Å². The highest BCUT2D eigenvalue weighted by Gasteiger charge is 2.33. The molecule has 1 fully saturated rings. The van der Waals surface area contributed by atoms with E-state index in [9.17, 15) is 8.42 Å². The third-order valence-electron chi connectivity index (χ3n) is 4.92. The van der Waals surface area contributed by atoms with Gasteiger partial charge in [0.25, 0.3) is 10.2 Å². The first-order valence-corrected chi connectivity index (χ1v) is 11.0. The summed E-state index contributed by atoms with van der Waals surface area (Å²) in [6, 6.07) is 7.56. The topological polar surface area (TPSA) is 69.6 Å². The Morgan fingerprint density at radius 3 is 2.43 bits per heavy atom. The number of benzene rings is 1. The summed E-state index contributed by atoms with van der Waals surface area (Å²) in [6.07, 6.45) is 3.49. The number of hydrogen-bond donors (Lipinski definition) is 0. The summed E-state index contributed by atoms with van der Waals surface area (Å²) in [4.78, 5) is 11.1. The van der Waals surface area contributed by atoms with Gasteiger partial charge in [0.2, 0.25) is 5.95 Å². The van der Waals surface area contributed by atoms with E-state index in [1.54, 1.807) is 18.4 Å². The first kappa shape index (κ1) is 21.0.